The summed E-state index contributed by atoms with van der Waals surface area (Å²) in [7, 11) is 2.14. The Balaban J connectivity index is 1.52. The van der Waals surface area contributed by atoms with E-state index in [1.54, 1.807) is 0 Å². The zero-order valence-corrected chi connectivity index (χ0v) is 17.0. The van der Waals surface area contributed by atoms with Crippen molar-refractivity contribution in [1.29, 1.82) is 0 Å². The van der Waals surface area contributed by atoms with Gasteiger partial charge in [-0.15, -0.1) is 0 Å². The number of thioether (sulfide) groups is 1. The van der Waals surface area contributed by atoms with E-state index in [1.165, 1.54) is 30.0 Å². The first-order valence-corrected chi connectivity index (χ1v) is 10.3. The van der Waals surface area contributed by atoms with Gasteiger partial charge in [-0.25, -0.2) is 0 Å². The van der Waals surface area contributed by atoms with Crippen LogP contribution in [0.25, 0.3) is 0 Å². The van der Waals surface area contributed by atoms with Gasteiger partial charge in [-0.05, 0) is 73.7 Å². The first-order valence-electron chi connectivity index (χ1n) is 9.46. The third kappa shape index (κ3) is 6.68. The summed E-state index contributed by atoms with van der Waals surface area (Å²) in [6.07, 6.45) is 1.13. The van der Waals surface area contributed by atoms with Crippen molar-refractivity contribution in [3.05, 3.63) is 59.7 Å². The van der Waals surface area contributed by atoms with Gasteiger partial charge >= 0.3 is 5.51 Å². The third-order valence-corrected chi connectivity index (χ3v) is 5.56. The minimum atomic E-state index is -4.33. The molecule has 0 aliphatic carbocycles. The van der Waals surface area contributed by atoms with Gasteiger partial charge in [-0.3, -0.25) is 4.79 Å². The van der Waals surface area contributed by atoms with Gasteiger partial charge in [0.1, 0.15) is 0 Å². The van der Waals surface area contributed by atoms with E-state index in [4.69, 9.17) is 0 Å². The van der Waals surface area contributed by atoms with Crippen molar-refractivity contribution in [3.63, 3.8) is 0 Å². The van der Waals surface area contributed by atoms with Gasteiger partial charge in [0.15, 0.2) is 0 Å². The summed E-state index contributed by atoms with van der Waals surface area (Å²) < 4.78 is 37.1. The number of amides is 1. The fourth-order valence-corrected chi connectivity index (χ4v) is 3.76. The second-order valence-corrected chi connectivity index (χ2v) is 8.20. The molecule has 1 aliphatic rings. The predicted octanol–water partition coefficient (Wildman–Crippen LogP) is 4.37. The van der Waals surface area contributed by atoms with E-state index in [1.807, 2.05) is 12.1 Å². The molecule has 0 atom stereocenters. The molecule has 156 valence electrons. The van der Waals surface area contributed by atoms with Crippen molar-refractivity contribution in [3.8, 4) is 0 Å². The highest BCUT2D eigenvalue weighted by atomic mass is 32.2. The van der Waals surface area contributed by atoms with Gasteiger partial charge in [0.25, 0.3) is 5.91 Å². The maximum Gasteiger partial charge on any atom is 0.446 e. The zero-order valence-electron chi connectivity index (χ0n) is 16.2. The molecule has 1 aliphatic heterocycles. The standard InChI is InChI=1S/C21H24F3N3OS/c1-26-11-2-12-27(14-13-26)18-7-3-16(4-8-18)15-25-20(28)17-5-9-19(10-6-17)29-21(22,23)24/h3-10H,2,11-15H2,1H3,(H,25,28). The predicted molar refractivity (Wildman–Crippen MR) is 110 cm³/mol. The van der Waals surface area contributed by atoms with E-state index in [9.17, 15) is 18.0 Å². The molecule has 0 radical (unpaired) electrons. The fourth-order valence-electron chi connectivity index (χ4n) is 3.22. The van der Waals surface area contributed by atoms with Crippen LogP contribution in [0.1, 0.15) is 22.3 Å². The lowest BCUT2D eigenvalue weighted by atomic mass is 10.1. The number of carbonyl (C=O) groups is 1. The highest BCUT2D eigenvalue weighted by Gasteiger charge is 2.29. The molecular weight excluding hydrogens is 399 g/mol. The van der Waals surface area contributed by atoms with Crippen LogP contribution in [0.15, 0.2) is 53.4 Å². The summed E-state index contributed by atoms with van der Waals surface area (Å²) in [6, 6.07) is 13.5. The number of benzene rings is 2. The van der Waals surface area contributed by atoms with Crippen LogP contribution in [0.4, 0.5) is 18.9 Å². The molecule has 1 saturated heterocycles. The monoisotopic (exact) mass is 423 g/mol. The molecule has 0 saturated carbocycles. The highest BCUT2D eigenvalue weighted by Crippen LogP contribution is 2.36. The molecule has 1 N–H and O–H groups in total. The van der Waals surface area contributed by atoms with E-state index < -0.39 is 5.51 Å². The lowest BCUT2D eigenvalue weighted by Gasteiger charge is -2.23. The van der Waals surface area contributed by atoms with E-state index in [0.717, 1.165) is 38.2 Å². The van der Waals surface area contributed by atoms with E-state index in [2.05, 4.69) is 34.3 Å². The Morgan fingerprint density at radius 1 is 1.00 bits per heavy atom. The molecular formula is C21H24F3N3OS. The number of rotatable bonds is 5. The molecule has 2 aromatic carbocycles. The lowest BCUT2D eigenvalue weighted by molar-refractivity contribution is -0.0328. The molecule has 0 unspecified atom stereocenters. The third-order valence-electron chi connectivity index (χ3n) is 4.82. The Morgan fingerprint density at radius 3 is 2.34 bits per heavy atom. The normalized spacial score (nSPS) is 15.8. The largest absolute Gasteiger partial charge is 0.446 e. The molecule has 0 aromatic heterocycles. The van der Waals surface area contributed by atoms with Crippen molar-refractivity contribution >= 4 is 23.4 Å². The number of hydrogen-bond acceptors (Lipinski definition) is 4. The number of carbonyl (C=O) groups excluding carboxylic acids is 1. The molecule has 4 nitrogen and oxygen atoms in total. The van der Waals surface area contributed by atoms with Crippen molar-refractivity contribution < 1.29 is 18.0 Å². The fraction of sp³-hybridized carbons (Fsp3) is 0.381. The number of alkyl halides is 3. The second-order valence-electron chi connectivity index (χ2n) is 7.07. The molecule has 3 rings (SSSR count). The molecule has 2 aromatic rings. The number of nitrogens with one attached hydrogen (secondary N) is 1. The summed E-state index contributed by atoms with van der Waals surface area (Å²) in [6.45, 7) is 4.54. The summed E-state index contributed by atoms with van der Waals surface area (Å²) in [5, 5.41) is 2.81. The maximum absolute atomic E-state index is 12.4. The van der Waals surface area contributed by atoms with Gasteiger partial charge in [0, 0.05) is 42.3 Å². The minimum Gasteiger partial charge on any atom is -0.370 e. The molecule has 29 heavy (non-hydrogen) atoms. The smallest absolute Gasteiger partial charge is 0.370 e. The molecule has 1 amide bonds. The number of hydrogen-bond donors (Lipinski definition) is 1. The summed E-state index contributed by atoms with van der Waals surface area (Å²) in [5.74, 6) is -0.312. The van der Waals surface area contributed by atoms with Gasteiger partial charge in [0.2, 0.25) is 0 Å². The Labute approximate surface area is 173 Å². The van der Waals surface area contributed by atoms with Crippen LogP contribution in [0.2, 0.25) is 0 Å². The van der Waals surface area contributed by atoms with Crippen LogP contribution in [-0.4, -0.2) is 49.5 Å². The van der Waals surface area contributed by atoms with Gasteiger partial charge in [0.05, 0.1) is 0 Å². The first-order chi connectivity index (χ1) is 13.8. The van der Waals surface area contributed by atoms with Crippen molar-refractivity contribution in [2.24, 2.45) is 0 Å². The van der Waals surface area contributed by atoms with Crippen LogP contribution in [0.5, 0.6) is 0 Å². The SMILES string of the molecule is CN1CCCN(c2ccc(CNC(=O)c3ccc(SC(F)(F)F)cc3)cc2)CC1. The van der Waals surface area contributed by atoms with Crippen LogP contribution < -0.4 is 10.2 Å². The van der Waals surface area contributed by atoms with Crippen LogP contribution in [0, 0.1) is 0 Å². The van der Waals surface area contributed by atoms with Crippen molar-refractivity contribution in [2.75, 3.05) is 38.1 Å². The quantitative estimate of drug-likeness (QED) is 0.725. The number of halogens is 3. The minimum absolute atomic E-state index is 0.0596. The summed E-state index contributed by atoms with van der Waals surface area (Å²) in [4.78, 5) is 17.0. The average molecular weight is 424 g/mol. The Morgan fingerprint density at radius 2 is 1.69 bits per heavy atom. The van der Waals surface area contributed by atoms with Gasteiger partial charge in [-0.1, -0.05) is 12.1 Å². The number of nitrogens with zero attached hydrogens (tertiary/aromatic N) is 2. The molecule has 8 heteroatoms. The Bertz CT molecular complexity index is 809. The average Bonchev–Trinajstić information content (AvgIpc) is 2.90. The second kappa shape index (κ2) is 9.54. The summed E-state index contributed by atoms with van der Waals surface area (Å²) in [5.41, 5.74) is -1.85. The van der Waals surface area contributed by atoms with E-state index in [0.29, 0.717) is 12.1 Å². The zero-order chi connectivity index (χ0) is 20.9. The maximum atomic E-state index is 12.4. The van der Waals surface area contributed by atoms with Crippen molar-refractivity contribution in [1.82, 2.24) is 10.2 Å². The molecule has 1 heterocycles. The Hall–Kier alpha value is -2.19. The van der Waals surface area contributed by atoms with Gasteiger partial charge < -0.3 is 15.1 Å². The topological polar surface area (TPSA) is 35.6 Å². The van der Waals surface area contributed by atoms with Crippen LogP contribution in [-0.2, 0) is 6.54 Å². The van der Waals surface area contributed by atoms with Crippen LogP contribution in [0.3, 0.4) is 0 Å². The van der Waals surface area contributed by atoms with E-state index >= 15 is 0 Å². The molecule has 0 spiro atoms. The first kappa shape index (κ1) is 21.5. The number of anilines is 1. The Kier molecular flexibility index (Phi) is 7.08. The summed E-state index contributed by atoms with van der Waals surface area (Å²) >= 11 is -0.193. The lowest BCUT2D eigenvalue weighted by Crippen LogP contribution is -2.28. The molecule has 0 bridgehead atoms. The van der Waals surface area contributed by atoms with Gasteiger partial charge in [-0.2, -0.15) is 13.2 Å². The van der Waals surface area contributed by atoms with Crippen molar-refractivity contribution in [2.45, 2.75) is 23.4 Å². The van der Waals surface area contributed by atoms with Crippen LogP contribution >= 0.6 is 11.8 Å². The number of likely N-dealkylation sites (N-methyl/N-ethyl adjacent to an activating group) is 1. The molecule has 1 fully saturated rings. The highest BCUT2D eigenvalue weighted by molar-refractivity contribution is 8.00. The van der Waals surface area contributed by atoms with E-state index in [-0.39, 0.29) is 22.6 Å².